The van der Waals surface area contributed by atoms with E-state index < -0.39 is 5.97 Å². The molecule has 5 nitrogen and oxygen atoms in total. The van der Waals surface area contributed by atoms with Gasteiger partial charge in [0, 0.05) is 24.7 Å². The predicted molar refractivity (Wildman–Crippen MR) is 68.2 cm³/mol. The Hall–Kier alpha value is -1.56. The quantitative estimate of drug-likeness (QED) is 0.888. The van der Waals surface area contributed by atoms with Crippen LogP contribution in [0, 0.1) is 0 Å². The lowest BCUT2D eigenvalue weighted by Gasteiger charge is -2.20. The van der Waals surface area contributed by atoms with Gasteiger partial charge in [-0.1, -0.05) is 6.92 Å². The second-order valence-corrected chi connectivity index (χ2v) is 4.60. The molecule has 92 valence electrons. The summed E-state index contributed by atoms with van der Waals surface area (Å²) in [7, 11) is 0. The first-order chi connectivity index (χ1) is 8.19. The van der Waals surface area contributed by atoms with E-state index >= 15 is 0 Å². The minimum atomic E-state index is -0.930. The van der Waals surface area contributed by atoms with E-state index in [2.05, 4.69) is 11.9 Å². The van der Waals surface area contributed by atoms with Crippen molar-refractivity contribution in [2.45, 2.75) is 20.3 Å². The molecule has 0 bridgehead atoms. The van der Waals surface area contributed by atoms with Gasteiger partial charge in [0.05, 0.1) is 0 Å². The molecule has 0 saturated carbocycles. The molecule has 2 aromatic rings. The van der Waals surface area contributed by atoms with E-state index in [1.54, 1.807) is 10.6 Å². The lowest BCUT2D eigenvalue weighted by molar-refractivity contribution is 0.0690. The molecule has 0 aliphatic carbocycles. The summed E-state index contributed by atoms with van der Waals surface area (Å²) < 4.78 is 1.64. The average Bonchev–Trinajstić information content (AvgIpc) is 2.84. The van der Waals surface area contributed by atoms with Gasteiger partial charge in [0.2, 0.25) is 0 Å². The van der Waals surface area contributed by atoms with Gasteiger partial charge in [-0.2, -0.15) is 0 Å². The Labute approximate surface area is 103 Å². The number of nitrogens with zero attached hydrogens (tertiary/aromatic N) is 3. The van der Waals surface area contributed by atoms with Gasteiger partial charge in [-0.25, -0.2) is 9.78 Å². The third-order valence-electron chi connectivity index (χ3n) is 2.62. The van der Waals surface area contributed by atoms with Crippen molar-refractivity contribution in [1.29, 1.82) is 0 Å². The number of carbonyl (C=O) groups is 1. The van der Waals surface area contributed by atoms with Gasteiger partial charge < -0.3 is 10.0 Å². The van der Waals surface area contributed by atoms with Gasteiger partial charge in [0.25, 0.3) is 0 Å². The van der Waals surface area contributed by atoms with Gasteiger partial charge >= 0.3 is 5.97 Å². The van der Waals surface area contributed by atoms with E-state index in [9.17, 15) is 9.90 Å². The Morgan fingerprint density at radius 1 is 1.59 bits per heavy atom. The molecule has 0 fully saturated rings. The lowest BCUT2D eigenvalue weighted by atomic mass is 10.3. The molecular weight excluding hydrogens is 238 g/mol. The standard InChI is InChI=1S/C11H15N3O2S/c1-3-5-13(4-2)9-8(10(15)16)14-6-7-17-11(14)12-9/h6-7H,3-5H2,1-2H3,(H,15,16). The van der Waals surface area contributed by atoms with Crippen LogP contribution in [0.15, 0.2) is 11.6 Å². The molecule has 1 N–H and O–H groups in total. The number of imidazole rings is 1. The number of rotatable bonds is 5. The fraction of sp³-hybridized carbons (Fsp3) is 0.455. The zero-order chi connectivity index (χ0) is 12.4. The van der Waals surface area contributed by atoms with Crippen LogP contribution in [0.1, 0.15) is 30.8 Å². The van der Waals surface area contributed by atoms with Gasteiger partial charge in [-0.05, 0) is 13.3 Å². The maximum atomic E-state index is 11.3. The molecule has 0 atom stereocenters. The van der Waals surface area contributed by atoms with Crippen LogP contribution in [0.25, 0.3) is 4.96 Å². The minimum Gasteiger partial charge on any atom is -0.476 e. The second kappa shape index (κ2) is 4.75. The van der Waals surface area contributed by atoms with Crippen LogP contribution in [0.2, 0.25) is 0 Å². The molecule has 0 aliphatic heterocycles. The summed E-state index contributed by atoms with van der Waals surface area (Å²) in [6.45, 7) is 5.66. The van der Waals surface area contributed by atoms with Gasteiger partial charge in [-0.15, -0.1) is 11.3 Å². The number of fused-ring (bicyclic) bond motifs is 1. The highest BCUT2D eigenvalue weighted by Gasteiger charge is 2.22. The molecule has 0 aromatic carbocycles. The summed E-state index contributed by atoms with van der Waals surface area (Å²) in [6, 6.07) is 0. The molecule has 17 heavy (non-hydrogen) atoms. The summed E-state index contributed by atoms with van der Waals surface area (Å²) in [5, 5.41) is 11.1. The highest BCUT2D eigenvalue weighted by atomic mass is 32.1. The third kappa shape index (κ3) is 2.00. The van der Waals surface area contributed by atoms with Crippen LogP contribution < -0.4 is 4.90 Å². The number of carboxylic acids is 1. The fourth-order valence-corrected chi connectivity index (χ4v) is 2.59. The first-order valence-corrected chi connectivity index (χ1v) is 6.50. The van der Waals surface area contributed by atoms with E-state index in [1.165, 1.54) is 11.3 Å². The highest BCUT2D eigenvalue weighted by molar-refractivity contribution is 7.15. The Kier molecular flexibility index (Phi) is 3.33. The summed E-state index contributed by atoms with van der Waals surface area (Å²) in [5.41, 5.74) is 0.261. The van der Waals surface area contributed by atoms with Crippen molar-refractivity contribution >= 4 is 28.1 Å². The molecule has 0 radical (unpaired) electrons. The topological polar surface area (TPSA) is 57.8 Å². The largest absolute Gasteiger partial charge is 0.476 e. The SMILES string of the molecule is CCCN(CC)c1nc2sccn2c1C(=O)O. The molecule has 6 heteroatoms. The number of carboxylic acid groups (broad SMARTS) is 1. The highest BCUT2D eigenvalue weighted by Crippen LogP contribution is 2.24. The number of aromatic carboxylic acids is 1. The molecule has 0 amide bonds. The van der Waals surface area contributed by atoms with Crippen LogP contribution in [0.5, 0.6) is 0 Å². The van der Waals surface area contributed by atoms with Crippen LogP contribution >= 0.6 is 11.3 Å². The Balaban J connectivity index is 2.54. The first kappa shape index (κ1) is 11.9. The van der Waals surface area contributed by atoms with Crippen molar-refractivity contribution in [2.75, 3.05) is 18.0 Å². The third-order valence-corrected chi connectivity index (χ3v) is 3.38. The van der Waals surface area contributed by atoms with Crippen LogP contribution in [0.3, 0.4) is 0 Å². The lowest BCUT2D eigenvalue weighted by Crippen LogP contribution is -2.26. The minimum absolute atomic E-state index is 0.261. The van der Waals surface area contributed by atoms with Crippen LogP contribution in [0.4, 0.5) is 5.82 Å². The molecule has 2 heterocycles. The number of hydrogen-bond donors (Lipinski definition) is 1. The smallest absolute Gasteiger partial charge is 0.356 e. The number of hydrogen-bond acceptors (Lipinski definition) is 4. The van der Waals surface area contributed by atoms with E-state index in [4.69, 9.17) is 0 Å². The molecule has 2 rings (SSSR count). The summed E-state index contributed by atoms with van der Waals surface area (Å²) >= 11 is 1.45. The summed E-state index contributed by atoms with van der Waals surface area (Å²) in [5.74, 6) is -0.353. The van der Waals surface area contributed by atoms with Crippen molar-refractivity contribution in [3.8, 4) is 0 Å². The summed E-state index contributed by atoms with van der Waals surface area (Å²) in [6.07, 6.45) is 2.72. The molecule has 0 aliphatic rings. The van der Waals surface area contributed by atoms with E-state index in [0.717, 1.165) is 24.5 Å². The fourth-order valence-electron chi connectivity index (χ4n) is 1.88. The van der Waals surface area contributed by atoms with Crippen molar-refractivity contribution < 1.29 is 9.90 Å². The zero-order valence-corrected chi connectivity index (χ0v) is 10.7. The van der Waals surface area contributed by atoms with E-state index in [0.29, 0.717) is 5.82 Å². The first-order valence-electron chi connectivity index (χ1n) is 5.62. The zero-order valence-electron chi connectivity index (χ0n) is 9.88. The Bertz CT molecular complexity index is 532. The molecule has 0 unspecified atom stereocenters. The van der Waals surface area contributed by atoms with Crippen molar-refractivity contribution in [3.05, 3.63) is 17.3 Å². The maximum absolute atomic E-state index is 11.3. The molecule has 0 saturated heterocycles. The van der Waals surface area contributed by atoms with Crippen molar-refractivity contribution in [3.63, 3.8) is 0 Å². The monoisotopic (exact) mass is 253 g/mol. The number of anilines is 1. The Morgan fingerprint density at radius 3 is 2.94 bits per heavy atom. The van der Waals surface area contributed by atoms with Crippen LogP contribution in [-0.4, -0.2) is 33.6 Å². The second-order valence-electron chi connectivity index (χ2n) is 3.72. The number of thiazole rings is 1. The maximum Gasteiger partial charge on any atom is 0.356 e. The van der Waals surface area contributed by atoms with E-state index in [1.807, 2.05) is 17.2 Å². The van der Waals surface area contributed by atoms with Crippen LogP contribution in [-0.2, 0) is 0 Å². The average molecular weight is 253 g/mol. The normalized spacial score (nSPS) is 10.9. The van der Waals surface area contributed by atoms with Crippen molar-refractivity contribution in [2.24, 2.45) is 0 Å². The number of aromatic nitrogens is 2. The van der Waals surface area contributed by atoms with Crippen molar-refractivity contribution in [1.82, 2.24) is 9.38 Å². The van der Waals surface area contributed by atoms with Gasteiger partial charge in [-0.3, -0.25) is 4.40 Å². The van der Waals surface area contributed by atoms with Gasteiger partial charge in [0.15, 0.2) is 16.5 Å². The molecular formula is C11H15N3O2S. The predicted octanol–water partition coefficient (Wildman–Crippen LogP) is 2.33. The van der Waals surface area contributed by atoms with E-state index in [-0.39, 0.29) is 5.69 Å². The van der Waals surface area contributed by atoms with Gasteiger partial charge in [0.1, 0.15) is 0 Å². The molecule has 0 spiro atoms. The summed E-state index contributed by atoms with van der Waals surface area (Å²) in [4.78, 5) is 18.5. The Morgan fingerprint density at radius 2 is 2.35 bits per heavy atom. The molecule has 2 aromatic heterocycles.